The third-order valence-corrected chi connectivity index (χ3v) is 5.94. The van der Waals surface area contributed by atoms with Crippen molar-refractivity contribution in [3.63, 3.8) is 0 Å². The smallest absolute Gasteiger partial charge is 0.213 e. The van der Waals surface area contributed by atoms with E-state index in [9.17, 15) is 8.42 Å². The SMILES string of the molecule is CN=C(NCCS(=O)(=O)NCC1CCC1)NCc1cccs1. The highest BCUT2D eigenvalue weighted by Gasteiger charge is 2.19. The molecule has 0 radical (unpaired) electrons. The molecule has 1 aromatic rings. The number of hydrogen-bond acceptors (Lipinski definition) is 4. The fourth-order valence-electron chi connectivity index (χ4n) is 2.12. The second-order valence-electron chi connectivity index (χ2n) is 5.40. The van der Waals surface area contributed by atoms with Gasteiger partial charge in [0.1, 0.15) is 0 Å². The fraction of sp³-hybridized carbons (Fsp3) is 0.643. The number of nitrogens with zero attached hydrogens (tertiary/aromatic N) is 1. The van der Waals surface area contributed by atoms with E-state index in [1.165, 1.54) is 11.3 Å². The average molecular weight is 345 g/mol. The van der Waals surface area contributed by atoms with Crippen LogP contribution in [0.3, 0.4) is 0 Å². The lowest BCUT2D eigenvalue weighted by atomic mass is 9.86. The van der Waals surface area contributed by atoms with Crippen LogP contribution in [0.4, 0.5) is 0 Å². The van der Waals surface area contributed by atoms with Crippen molar-refractivity contribution in [3.8, 4) is 0 Å². The second kappa shape index (κ2) is 8.50. The molecule has 0 atom stereocenters. The van der Waals surface area contributed by atoms with Crippen LogP contribution in [0.25, 0.3) is 0 Å². The summed E-state index contributed by atoms with van der Waals surface area (Å²) in [6, 6.07) is 4.04. The Morgan fingerprint density at radius 1 is 1.41 bits per heavy atom. The third-order valence-electron chi connectivity index (χ3n) is 3.71. The molecule has 8 heteroatoms. The monoisotopic (exact) mass is 344 g/mol. The molecular weight excluding hydrogens is 320 g/mol. The number of thiophene rings is 1. The van der Waals surface area contributed by atoms with Crippen molar-refractivity contribution in [2.75, 3.05) is 25.9 Å². The number of sulfonamides is 1. The van der Waals surface area contributed by atoms with Gasteiger partial charge in [-0.25, -0.2) is 13.1 Å². The summed E-state index contributed by atoms with van der Waals surface area (Å²) < 4.78 is 26.4. The summed E-state index contributed by atoms with van der Waals surface area (Å²) in [5.74, 6) is 1.20. The minimum atomic E-state index is -3.21. The Labute approximate surface area is 136 Å². The van der Waals surface area contributed by atoms with E-state index in [0.29, 0.717) is 31.5 Å². The summed E-state index contributed by atoms with van der Waals surface area (Å²) in [7, 11) is -1.53. The van der Waals surface area contributed by atoms with Gasteiger partial charge in [0.15, 0.2) is 5.96 Å². The highest BCUT2D eigenvalue weighted by atomic mass is 32.2. The van der Waals surface area contributed by atoms with Gasteiger partial charge in [0, 0.05) is 25.0 Å². The first-order chi connectivity index (χ1) is 10.6. The van der Waals surface area contributed by atoms with Crippen LogP contribution in [-0.2, 0) is 16.6 Å². The molecule has 124 valence electrons. The zero-order valence-electron chi connectivity index (χ0n) is 12.8. The Kier molecular flexibility index (Phi) is 6.66. The van der Waals surface area contributed by atoms with E-state index in [1.54, 1.807) is 18.4 Å². The first kappa shape index (κ1) is 17.2. The van der Waals surface area contributed by atoms with Crippen LogP contribution in [0.5, 0.6) is 0 Å². The van der Waals surface area contributed by atoms with E-state index in [2.05, 4.69) is 20.3 Å². The van der Waals surface area contributed by atoms with E-state index < -0.39 is 10.0 Å². The largest absolute Gasteiger partial charge is 0.355 e. The first-order valence-corrected chi connectivity index (χ1v) is 10.1. The summed E-state index contributed by atoms with van der Waals surface area (Å²) in [6.45, 7) is 1.60. The Bertz CT molecular complexity index is 566. The van der Waals surface area contributed by atoms with Gasteiger partial charge >= 0.3 is 0 Å². The number of hydrogen-bond donors (Lipinski definition) is 3. The molecule has 2 rings (SSSR count). The molecule has 1 aliphatic carbocycles. The van der Waals surface area contributed by atoms with Gasteiger partial charge in [-0.2, -0.15) is 0 Å². The Morgan fingerprint density at radius 2 is 2.23 bits per heavy atom. The van der Waals surface area contributed by atoms with Crippen molar-refractivity contribution in [1.82, 2.24) is 15.4 Å². The van der Waals surface area contributed by atoms with Crippen LogP contribution in [0.15, 0.2) is 22.5 Å². The number of nitrogens with one attached hydrogen (secondary N) is 3. The molecule has 6 nitrogen and oxygen atoms in total. The van der Waals surface area contributed by atoms with E-state index in [1.807, 2.05) is 17.5 Å². The normalized spacial score (nSPS) is 16.3. The molecule has 3 N–H and O–H groups in total. The molecule has 0 spiro atoms. The molecule has 0 unspecified atom stereocenters. The first-order valence-electron chi connectivity index (χ1n) is 7.53. The van der Waals surface area contributed by atoms with Crippen molar-refractivity contribution >= 4 is 27.3 Å². The summed E-state index contributed by atoms with van der Waals surface area (Å²) in [4.78, 5) is 5.29. The van der Waals surface area contributed by atoms with Gasteiger partial charge in [-0.15, -0.1) is 11.3 Å². The standard InChI is InChI=1S/C14H24N4O2S2/c1-15-14(17-11-13-6-3-8-21-13)16-7-9-22(19,20)18-10-12-4-2-5-12/h3,6,8,12,18H,2,4-5,7,9-11H2,1H3,(H2,15,16,17). The molecule has 0 amide bonds. The average Bonchev–Trinajstić information content (AvgIpc) is 2.93. The van der Waals surface area contributed by atoms with Gasteiger partial charge in [0.05, 0.1) is 12.3 Å². The second-order valence-corrected chi connectivity index (χ2v) is 8.35. The van der Waals surface area contributed by atoms with E-state index in [-0.39, 0.29) is 5.75 Å². The highest BCUT2D eigenvalue weighted by molar-refractivity contribution is 7.89. The lowest BCUT2D eigenvalue weighted by Crippen LogP contribution is -2.41. The van der Waals surface area contributed by atoms with Crippen molar-refractivity contribution in [3.05, 3.63) is 22.4 Å². The quantitative estimate of drug-likeness (QED) is 0.488. The molecule has 0 saturated heterocycles. The van der Waals surface area contributed by atoms with Gasteiger partial charge < -0.3 is 10.6 Å². The minimum Gasteiger partial charge on any atom is -0.355 e. The Hall–Kier alpha value is -1.12. The molecule has 1 heterocycles. The van der Waals surface area contributed by atoms with Crippen LogP contribution in [0.1, 0.15) is 24.1 Å². The predicted molar refractivity (Wildman–Crippen MR) is 91.7 cm³/mol. The molecule has 1 aromatic heterocycles. The van der Waals surface area contributed by atoms with Gasteiger partial charge in [0.25, 0.3) is 0 Å². The van der Waals surface area contributed by atoms with Crippen LogP contribution in [0, 0.1) is 5.92 Å². The van der Waals surface area contributed by atoms with Gasteiger partial charge in [-0.3, -0.25) is 4.99 Å². The highest BCUT2D eigenvalue weighted by Crippen LogP contribution is 2.25. The lowest BCUT2D eigenvalue weighted by molar-refractivity contribution is 0.316. The van der Waals surface area contributed by atoms with Crippen molar-refractivity contribution in [1.29, 1.82) is 0 Å². The van der Waals surface area contributed by atoms with Gasteiger partial charge in [-0.1, -0.05) is 12.5 Å². The molecular formula is C14H24N4O2S2. The van der Waals surface area contributed by atoms with Crippen LogP contribution >= 0.6 is 11.3 Å². The zero-order chi connectivity index (χ0) is 15.8. The van der Waals surface area contributed by atoms with Gasteiger partial charge in [0.2, 0.25) is 10.0 Å². The molecule has 1 saturated carbocycles. The van der Waals surface area contributed by atoms with E-state index in [4.69, 9.17) is 0 Å². The summed E-state index contributed by atoms with van der Waals surface area (Å²) >= 11 is 1.67. The molecule has 0 aromatic carbocycles. The van der Waals surface area contributed by atoms with E-state index >= 15 is 0 Å². The number of guanidine groups is 1. The predicted octanol–water partition coefficient (Wildman–Crippen LogP) is 1.13. The maximum atomic E-state index is 11.9. The van der Waals surface area contributed by atoms with Crippen molar-refractivity contribution in [2.45, 2.75) is 25.8 Å². The maximum Gasteiger partial charge on any atom is 0.213 e. The summed E-state index contributed by atoms with van der Waals surface area (Å²) in [6.07, 6.45) is 3.50. The van der Waals surface area contributed by atoms with Crippen molar-refractivity contribution in [2.24, 2.45) is 10.9 Å². The molecule has 0 bridgehead atoms. The fourth-order valence-corrected chi connectivity index (χ4v) is 3.77. The Balaban J connectivity index is 1.64. The molecule has 1 fully saturated rings. The van der Waals surface area contributed by atoms with Crippen molar-refractivity contribution < 1.29 is 8.42 Å². The van der Waals surface area contributed by atoms with Crippen LogP contribution < -0.4 is 15.4 Å². The molecule has 1 aliphatic rings. The van der Waals surface area contributed by atoms with E-state index in [0.717, 1.165) is 12.8 Å². The Morgan fingerprint density at radius 3 is 2.82 bits per heavy atom. The number of aliphatic imine (C=N–C) groups is 1. The van der Waals surface area contributed by atoms with Crippen LogP contribution in [0.2, 0.25) is 0 Å². The minimum absolute atomic E-state index is 0.0550. The lowest BCUT2D eigenvalue weighted by Gasteiger charge is -2.25. The molecule has 22 heavy (non-hydrogen) atoms. The molecule has 0 aliphatic heterocycles. The van der Waals surface area contributed by atoms with Gasteiger partial charge in [-0.05, 0) is 30.2 Å². The van der Waals surface area contributed by atoms with Crippen LogP contribution in [-0.4, -0.2) is 40.3 Å². The number of rotatable bonds is 8. The third kappa shape index (κ3) is 5.94. The maximum absolute atomic E-state index is 11.9. The summed E-state index contributed by atoms with van der Waals surface area (Å²) in [5.41, 5.74) is 0. The zero-order valence-corrected chi connectivity index (χ0v) is 14.5. The topological polar surface area (TPSA) is 82.6 Å². The summed E-state index contributed by atoms with van der Waals surface area (Å²) in [5, 5.41) is 8.21.